The van der Waals surface area contributed by atoms with E-state index in [0.717, 1.165) is 6.42 Å². The predicted molar refractivity (Wildman–Crippen MR) is 85.2 cm³/mol. The van der Waals surface area contributed by atoms with Gasteiger partial charge in [0.25, 0.3) is 5.91 Å². The molecule has 1 aromatic carbocycles. The van der Waals surface area contributed by atoms with Crippen LogP contribution in [0.3, 0.4) is 0 Å². The maximum Gasteiger partial charge on any atom is 0.251 e. The molecule has 112 valence electrons. The lowest BCUT2D eigenvalue weighted by atomic mass is 10.1. The molecule has 1 unspecified atom stereocenters. The van der Waals surface area contributed by atoms with Crippen molar-refractivity contribution in [3.05, 3.63) is 51.0 Å². The van der Waals surface area contributed by atoms with Gasteiger partial charge in [-0.1, -0.05) is 0 Å². The summed E-state index contributed by atoms with van der Waals surface area (Å²) in [6, 6.07) is 6.83. The molecule has 0 radical (unpaired) electrons. The molecule has 1 aromatic heterocycles. The molecule has 0 saturated carbocycles. The van der Waals surface area contributed by atoms with Crippen LogP contribution >= 0.6 is 11.3 Å². The maximum absolute atomic E-state index is 13.6. The van der Waals surface area contributed by atoms with Gasteiger partial charge in [0.1, 0.15) is 5.82 Å². The topological polar surface area (TPSA) is 55.1 Å². The second-order valence-corrected chi connectivity index (χ2v) is 6.64. The molecule has 0 fully saturated rings. The summed E-state index contributed by atoms with van der Waals surface area (Å²) in [5.74, 6) is -0.761. The smallest absolute Gasteiger partial charge is 0.251 e. The van der Waals surface area contributed by atoms with Crippen LogP contribution in [0.15, 0.2) is 24.3 Å². The summed E-state index contributed by atoms with van der Waals surface area (Å²) in [5.41, 5.74) is 6.61. The van der Waals surface area contributed by atoms with Crippen molar-refractivity contribution < 1.29 is 9.18 Å². The number of hydrogen-bond acceptors (Lipinski definition) is 3. The van der Waals surface area contributed by atoms with Gasteiger partial charge in [0.15, 0.2) is 0 Å². The average Bonchev–Trinajstić information content (AvgIpc) is 2.80. The first-order valence-electron chi connectivity index (χ1n) is 6.78. The molecule has 2 rings (SSSR count). The Labute approximate surface area is 128 Å². The third-order valence-corrected chi connectivity index (χ3v) is 4.35. The minimum atomic E-state index is -0.457. The average molecular weight is 306 g/mol. The Morgan fingerprint density at radius 2 is 2.10 bits per heavy atom. The van der Waals surface area contributed by atoms with E-state index < -0.39 is 5.82 Å². The lowest BCUT2D eigenvalue weighted by Gasteiger charge is -2.14. The minimum absolute atomic E-state index is 0.0267. The number of amides is 1. The molecular weight excluding hydrogens is 287 g/mol. The Kier molecular flexibility index (Phi) is 4.63. The summed E-state index contributed by atoms with van der Waals surface area (Å²) in [7, 11) is 0. The van der Waals surface area contributed by atoms with Crippen LogP contribution in [0.5, 0.6) is 0 Å². The number of carbonyl (C=O) groups is 1. The van der Waals surface area contributed by atoms with Gasteiger partial charge in [-0.3, -0.25) is 4.79 Å². The number of nitrogens with two attached hydrogens (primary N) is 1. The number of anilines is 1. The van der Waals surface area contributed by atoms with Crippen molar-refractivity contribution in [2.45, 2.75) is 33.2 Å². The first-order valence-corrected chi connectivity index (χ1v) is 7.60. The highest BCUT2D eigenvalue weighted by molar-refractivity contribution is 7.11. The maximum atomic E-state index is 13.6. The van der Waals surface area contributed by atoms with Crippen LogP contribution in [0, 0.1) is 19.7 Å². The number of halogens is 1. The Hall–Kier alpha value is -1.88. The molecule has 0 aliphatic rings. The lowest BCUT2D eigenvalue weighted by molar-refractivity contribution is 0.0940. The molecule has 21 heavy (non-hydrogen) atoms. The molecule has 1 amide bonds. The van der Waals surface area contributed by atoms with Gasteiger partial charge in [0.05, 0.1) is 0 Å². The molecule has 1 heterocycles. The highest BCUT2D eigenvalue weighted by Crippen LogP contribution is 2.19. The molecule has 5 heteroatoms. The van der Waals surface area contributed by atoms with Crippen molar-refractivity contribution in [2.24, 2.45) is 0 Å². The molecule has 2 aromatic rings. The molecule has 3 N–H and O–H groups in total. The quantitative estimate of drug-likeness (QED) is 0.850. The highest BCUT2D eigenvalue weighted by atomic mass is 32.1. The van der Waals surface area contributed by atoms with Gasteiger partial charge in [0.2, 0.25) is 0 Å². The largest absolute Gasteiger partial charge is 0.398 e. The number of hydrogen-bond donors (Lipinski definition) is 2. The summed E-state index contributed by atoms with van der Waals surface area (Å²) in [6.07, 6.45) is 0.758. The van der Waals surface area contributed by atoms with E-state index in [1.165, 1.54) is 21.9 Å². The van der Waals surface area contributed by atoms with Crippen LogP contribution in [0.2, 0.25) is 0 Å². The molecule has 3 nitrogen and oxygen atoms in total. The monoisotopic (exact) mass is 306 g/mol. The van der Waals surface area contributed by atoms with Gasteiger partial charge in [-0.2, -0.15) is 0 Å². The van der Waals surface area contributed by atoms with Crippen molar-refractivity contribution in [1.82, 2.24) is 5.32 Å². The van der Waals surface area contributed by atoms with Crippen LogP contribution < -0.4 is 11.1 Å². The van der Waals surface area contributed by atoms with Crippen molar-refractivity contribution in [2.75, 3.05) is 5.73 Å². The van der Waals surface area contributed by atoms with Gasteiger partial charge in [-0.05, 0) is 45.0 Å². The van der Waals surface area contributed by atoms with Crippen LogP contribution in [-0.4, -0.2) is 11.9 Å². The Bertz CT molecular complexity index is 643. The van der Waals surface area contributed by atoms with Crippen molar-refractivity contribution in [1.29, 1.82) is 0 Å². The molecule has 0 saturated heterocycles. The fourth-order valence-corrected chi connectivity index (χ4v) is 3.11. The molecular formula is C16H19FN2OS. The van der Waals surface area contributed by atoms with E-state index in [4.69, 9.17) is 5.73 Å². The summed E-state index contributed by atoms with van der Waals surface area (Å²) in [5, 5.41) is 2.87. The van der Waals surface area contributed by atoms with Gasteiger partial charge in [0, 0.05) is 39.0 Å². The lowest BCUT2D eigenvalue weighted by Crippen LogP contribution is -2.34. The molecule has 0 bridgehead atoms. The predicted octanol–water partition coefficient (Wildman–Crippen LogP) is 3.45. The van der Waals surface area contributed by atoms with Crippen molar-refractivity contribution >= 4 is 22.9 Å². The third-order valence-electron chi connectivity index (χ3n) is 3.33. The number of benzene rings is 1. The summed E-state index contributed by atoms with van der Waals surface area (Å²) < 4.78 is 13.6. The van der Waals surface area contributed by atoms with E-state index in [2.05, 4.69) is 24.4 Å². The van der Waals surface area contributed by atoms with E-state index in [1.807, 2.05) is 6.92 Å². The van der Waals surface area contributed by atoms with Gasteiger partial charge >= 0.3 is 0 Å². The summed E-state index contributed by atoms with van der Waals surface area (Å²) in [6.45, 7) is 5.57. The molecule has 0 aliphatic carbocycles. The molecule has 0 spiro atoms. The normalized spacial score (nSPS) is 12.2. The third kappa shape index (κ3) is 3.82. The zero-order valence-electron chi connectivity index (χ0n) is 12.4. The van der Waals surface area contributed by atoms with Crippen molar-refractivity contribution in [3.63, 3.8) is 0 Å². The molecule has 0 aliphatic heterocycles. The standard InChI is InChI=1S/C16H19FN2OS/c1-9(6-13-5-4-10(2)21-13)19-16(20)12-7-14(17)11(3)15(18)8-12/h4-5,7-9H,6,18H2,1-3H3,(H,19,20). The van der Waals surface area contributed by atoms with Crippen LogP contribution in [0.25, 0.3) is 0 Å². The fourth-order valence-electron chi connectivity index (χ4n) is 2.09. The van der Waals surface area contributed by atoms with Crippen LogP contribution in [-0.2, 0) is 6.42 Å². The van der Waals surface area contributed by atoms with Crippen molar-refractivity contribution in [3.8, 4) is 0 Å². The number of carbonyl (C=O) groups excluding carboxylic acids is 1. The van der Waals surface area contributed by atoms with E-state index in [9.17, 15) is 9.18 Å². The van der Waals surface area contributed by atoms with E-state index in [-0.39, 0.29) is 17.5 Å². The number of nitrogen functional groups attached to an aromatic ring is 1. The zero-order valence-corrected chi connectivity index (χ0v) is 13.2. The second kappa shape index (κ2) is 6.26. The first kappa shape index (κ1) is 15.5. The van der Waals surface area contributed by atoms with Gasteiger partial charge in [-0.15, -0.1) is 11.3 Å². The number of nitrogens with one attached hydrogen (secondary N) is 1. The highest BCUT2D eigenvalue weighted by Gasteiger charge is 2.14. The van der Waals surface area contributed by atoms with E-state index in [0.29, 0.717) is 11.3 Å². The Morgan fingerprint density at radius 3 is 2.67 bits per heavy atom. The Balaban J connectivity index is 2.04. The summed E-state index contributed by atoms with van der Waals surface area (Å²) in [4.78, 5) is 14.6. The Morgan fingerprint density at radius 1 is 1.38 bits per heavy atom. The van der Waals surface area contributed by atoms with Gasteiger partial charge < -0.3 is 11.1 Å². The van der Waals surface area contributed by atoms with Crippen LogP contribution in [0.1, 0.15) is 32.6 Å². The minimum Gasteiger partial charge on any atom is -0.398 e. The SMILES string of the molecule is Cc1ccc(CC(C)NC(=O)c2cc(N)c(C)c(F)c2)s1. The van der Waals surface area contributed by atoms with Gasteiger partial charge in [-0.25, -0.2) is 4.39 Å². The second-order valence-electron chi connectivity index (χ2n) is 5.26. The fraction of sp³-hybridized carbons (Fsp3) is 0.312. The zero-order chi connectivity index (χ0) is 15.6. The van der Waals surface area contributed by atoms with E-state index >= 15 is 0 Å². The number of aryl methyl sites for hydroxylation is 1. The first-order chi connectivity index (χ1) is 9.86. The van der Waals surface area contributed by atoms with E-state index in [1.54, 1.807) is 18.3 Å². The summed E-state index contributed by atoms with van der Waals surface area (Å²) >= 11 is 1.71. The van der Waals surface area contributed by atoms with Crippen LogP contribution in [0.4, 0.5) is 10.1 Å². The number of rotatable bonds is 4. The molecule has 1 atom stereocenters. The number of thiophene rings is 1.